The Labute approximate surface area is 175 Å². The van der Waals surface area contributed by atoms with Crippen LogP contribution >= 0.6 is 11.8 Å². The molecular weight excluding hydrogens is 388 g/mol. The predicted molar refractivity (Wildman–Crippen MR) is 117 cm³/mol. The molecule has 0 aliphatic heterocycles. The number of hydrogen-bond donors (Lipinski definition) is 3. The molecule has 0 aliphatic rings. The molecule has 0 radical (unpaired) electrons. The Balaban J connectivity index is 1.96. The molecule has 154 valence electrons. The summed E-state index contributed by atoms with van der Waals surface area (Å²) in [6.07, 6.45) is 0. The summed E-state index contributed by atoms with van der Waals surface area (Å²) in [5, 5.41) is 8.17. The minimum absolute atomic E-state index is 0.0738. The molecule has 7 nitrogen and oxygen atoms in total. The summed E-state index contributed by atoms with van der Waals surface area (Å²) in [6, 6.07) is 14.9. The summed E-state index contributed by atoms with van der Waals surface area (Å²) in [6.45, 7) is 3.72. The first-order valence-electron chi connectivity index (χ1n) is 9.19. The summed E-state index contributed by atoms with van der Waals surface area (Å²) in [4.78, 5) is 38.9. The molecule has 4 amide bonds. The normalized spacial score (nSPS) is 11.5. The molecule has 2 aromatic carbocycles. The summed E-state index contributed by atoms with van der Waals surface area (Å²) in [5.41, 5.74) is 1.24. The second-order valence-corrected chi connectivity index (χ2v) is 7.99. The van der Waals surface area contributed by atoms with Gasteiger partial charge in [0.25, 0.3) is 5.24 Å². The molecule has 29 heavy (non-hydrogen) atoms. The SMILES string of the molecule is CC(C)C(NC(=O)Nc1ccccc1)C(=O)Nc1ccc(SC(=O)N(C)C)cc1. The van der Waals surface area contributed by atoms with Crippen LogP contribution in [0.25, 0.3) is 0 Å². The number of nitrogens with zero attached hydrogens (tertiary/aromatic N) is 1. The lowest BCUT2D eigenvalue weighted by Crippen LogP contribution is -2.48. The van der Waals surface area contributed by atoms with E-state index in [0.29, 0.717) is 11.4 Å². The molecule has 1 unspecified atom stereocenters. The van der Waals surface area contributed by atoms with Gasteiger partial charge in [-0.3, -0.25) is 9.59 Å². The average molecular weight is 415 g/mol. The van der Waals surface area contributed by atoms with Gasteiger partial charge in [-0.25, -0.2) is 4.79 Å². The van der Waals surface area contributed by atoms with Crippen LogP contribution in [0.15, 0.2) is 59.5 Å². The van der Waals surface area contributed by atoms with Gasteiger partial charge in [-0.05, 0) is 54.1 Å². The highest BCUT2D eigenvalue weighted by atomic mass is 32.2. The standard InChI is InChI=1S/C21H26N4O3S/c1-14(2)18(24-20(27)23-15-8-6-5-7-9-15)19(26)22-16-10-12-17(13-11-16)29-21(28)25(3)4/h5-14,18H,1-4H3,(H,22,26)(H2,23,24,27). The zero-order valence-electron chi connectivity index (χ0n) is 16.9. The lowest BCUT2D eigenvalue weighted by molar-refractivity contribution is -0.118. The molecule has 2 rings (SSSR count). The van der Waals surface area contributed by atoms with E-state index in [4.69, 9.17) is 0 Å². The summed E-state index contributed by atoms with van der Waals surface area (Å²) in [7, 11) is 3.38. The third kappa shape index (κ3) is 7.15. The second kappa shape index (κ2) is 10.5. The van der Waals surface area contributed by atoms with E-state index in [2.05, 4.69) is 16.0 Å². The van der Waals surface area contributed by atoms with Crippen molar-refractivity contribution < 1.29 is 14.4 Å². The fourth-order valence-electron chi connectivity index (χ4n) is 2.38. The van der Waals surface area contributed by atoms with Crippen LogP contribution in [0, 0.1) is 5.92 Å². The van der Waals surface area contributed by atoms with Gasteiger partial charge in [-0.1, -0.05) is 32.0 Å². The van der Waals surface area contributed by atoms with Crippen LogP contribution in [0.2, 0.25) is 0 Å². The number of carbonyl (C=O) groups is 3. The number of anilines is 2. The van der Waals surface area contributed by atoms with Gasteiger partial charge in [0.2, 0.25) is 5.91 Å². The molecule has 0 aliphatic carbocycles. The maximum absolute atomic E-state index is 12.7. The molecule has 0 fully saturated rings. The smallest absolute Gasteiger partial charge is 0.319 e. The predicted octanol–water partition coefficient (Wildman–Crippen LogP) is 4.25. The third-order valence-electron chi connectivity index (χ3n) is 3.96. The van der Waals surface area contributed by atoms with Crippen LogP contribution < -0.4 is 16.0 Å². The zero-order valence-corrected chi connectivity index (χ0v) is 17.7. The molecule has 0 bridgehead atoms. The minimum atomic E-state index is -0.705. The quantitative estimate of drug-likeness (QED) is 0.617. The van der Waals surface area contributed by atoms with Gasteiger partial charge in [0, 0.05) is 30.4 Å². The van der Waals surface area contributed by atoms with E-state index in [1.54, 1.807) is 50.5 Å². The largest absolute Gasteiger partial charge is 0.339 e. The van der Waals surface area contributed by atoms with Gasteiger partial charge in [0.1, 0.15) is 6.04 Å². The molecule has 0 saturated heterocycles. The highest BCUT2D eigenvalue weighted by molar-refractivity contribution is 8.13. The number of para-hydroxylation sites is 1. The van der Waals surface area contributed by atoms with E-state index in [0.717, 1.165) is 16.7 Å². The number of benzene rings is 2. The maximum Gasteiger partial charge on any atom is 0.319 e. The number of amides is 4. The van der Waals surface area contributed by atoms with Gasteiger partial charge < -0.3 is 20.9 Å². The van der Waals surface area contributed by atoms with Crippen molar-refractivity contribution in [3.05, 3.63) is 54.6 Å². The minimum Gasteiger partial charge on any atom is -0.339 e. The fraction of sp³-hybridized carbons (Fsp3) is 0.286. The van der Waals surface area contributed by atoms with Gasteiger partial charge in [-0.15, -0.1) is 0 Å². The molecule has 2 aromatic rings. The molecule has 0 saturated carbocycles. The summed E-state index contributed by atoms with van der Waals surface area (Å²) < 4.78 is 0. The number of carbonyl (C=O) groups excluding carboxylic acids is 3. The third-order valence-corrected chi connectivity index (χ3v) is 5.01. The second-order valence-electron chi connectivity index (χ2n) is 6.96. The Morgan fingerprint density at radius 2 is 1.45 bits per heavy atom. The molecule has 3 N–H and O–H groups in total. The summed E-state index contributed by atoms with van der Waals surface area (Å²) in [5.74, 6) is -0.419. The molecule has 0 aromatic heterocycles. The number of hydrogen-bond acceptors (Lipinski definition) is 4. The van der Waals surface area contributed by atoms with Gasteiger partial charge in [0.05, 0.1) is 0 Å². The van der Waals surface area contributed by atoms with Crippen LogP contribution in [0.4, 0.5) is 21.0 Å². The van der Waals surface area contributed by atoms with Crippen molar-refractivity contribution >= 4 is 40.3 Å². The van der Waals surface area contributed by atoms with Crippen LogP contribution in [0.5, 0.6) is 0 Å². The van der Waals surface area contributed by atoms with Crippen molar-refractivity contribution in [2.75, 3.05) is 24.7 Å². The van der Waals surface area contributed by atoms with Crippen molar-refractivity contribution in [2.45, 2.75) is 24.8 Å². The Hall–Kier alpha value is -3.00. The van der Waals surface area contributed by atoms with E-state index in [-0.39, 0.29) is 17.1 Å². The number of nitrogens with one attached hydrogen (secondary N) is 3. The average Bonchev–Trinajstić information content (AvgIpc) is 2.68. The lowest BCUT2D eigenvalue weighted by atomic mass is 10.0. The molecule has 0 spiro atoms. The molecule has 8 heteroatoms. The van der Waals surface area contributed by atoms with Crippen molar-refractivity contribution in [1.29, 1.82) is 0 Å². The van der Waals surface area contributed by atoms with Gasteiger partial charge in [-0.2, -0.15) is 0 Å². The summed E-state index contributed by atoms with van der Waals surface area (Å²) >= 11 is 1.11. The van der Waals surface area contributed by atoms with E-state index < -0.39 is 12.1 Å². The highest BCUT2D eigenvalue weighted by Crippen LogP contribution is 2.22. The lowest BCUT2D eigenvalue weighted by Gasteiger charge is -2.22. The van der Waals surface area contributed by atoms with Crippen LogP contribution in [0.1, 0.15) is 13.8 Å². The van der Waals surface area contributed by atoms with Crippen LogP contribution in [0.3, 0.4) is 0 Å². The van der Waals surface area contributed by atoms with Crippen LogP contribution in [-0.2, 0) is 4.79 Å². The molecule has 1 atom stereocenters. The molecule has 0 heterocycles. The van der Waals surface area contributed by atoms with Crippen molar-refractivity contribution in [3.63, 3.8) is 0 Å². The Morgan fingerprint density at radius 3 is 2.00 bits per heavy atom. The van der Waals surface area contributed by atoms with E-state index in [1.807, 2.05) is 32.0 Å². The van der Waals surface area contributed by atoms with Crippen molar-refractivity contribution in [3.8, 4) is 0 Å². The number of urea groups is 1. The monoisotopic (exact) mass is 414 g/mol. The Morgan fingerprint density at radius 1 is 0.862 bits per heavy atom. The molecular formula is C21H26N4O3S. The van der Waals surface area contributed by atoms with Gasteiger partial charge in [0.15, 0.2) is 0 Å². The van der Waals surface area contributed by atoms with E-state index in [9.17, 15) is 14.4 Å². The highest BCUT2D eigenvalue weighted by Gasteiger charge is 2.24. The van der Waals surface area contributed by atoms with Crippen molar-refractivity contribution in [1.82, 2.24) is 10.2 Å². The topological polar surface area (TPSA) is 90.5 Å². The van der Waals surface area contributed by atoms with Crippen molar-refractivity contribution in [2.24, 2.45) is 5.92 Å². The van der Waals surface area contributed by atoms with E-state index >= 15 is 0 Å². The Bertz CT molecular complexity index is 839. The van der Waals surface area contributed by atoms with E-state index in [1.165, 1.54) is 4.90 Å². The first-order chi connectivity index (χ1) is 13.8. The first-order valence-corrected chi connectivity index (χ1v) is 10.0. The maximum atomic E-state index is 12.7. The number of rotatable bonds is 6. The Kier molecular flexibility index (Phi) is 8.09. The zero-order chi connectivity index (χ0) is 21.4. The number of thioether (sulfide) groups is 1. The van der Waals surface area contributed by atoms with Crippen LogP contribution in [-0.4, -0.2) is 42.2 Å². The first kappa shape index (κ1) is 22.3. The van der Waals surface area contributed by atoms with Gasteiger partial charge >= 0.3 is 6.03 Å². The fourth-order valence-corrected chi connectivity index (χ4v) is 3.04.